The van der Waals surface area contributed by atoms with Gasteiger partial charge in [0.2, 0.25) is 0 Å². The summed E-state index contributed by atoms with van der Waals surface area (Å²) in [5.74, 6) is -1.39. The Kier molecular flexibility index (Phi) is 2.90. The molecule has 22 heavy (non-hydrogen) atoms. The molecule has 2 aromatic carbocycles. The first kappa shape index (κ1) is 13.6. The van der Waals surface area contributed by atoms with E-state index in [1.165, 1.54) is 0 Å². The number of rotatable bonds is 0. The van der Waals surface area contributed by atoms with E-state index >= 15 is 0 Å². The van der Waals surface area contributed by atoms with Gasteiger partial charge >= 0.3 is 135 Å². The van der Waals surface area contributed by atoms with E-state index < -0.39 is 33.1 Å². The molecular weight excluding hydrogens is 399 g/mol. The molecule has 2 aromatic rings. The van der Waals surface area contributed by atoms with Crippen LogP contribution in [0.1, 0.15) is 47.9 Å². The van der Waals surface area contributed by atoms with E-state index in [-0.39, 0.29) is 20.7 Å². The Morgan fingerprint density at radius 2 is 1.32 bits per heavy atom. The normalized spacial score (nSPS) is 17.6. The number of cyclic esters (lactones) is 2. The molecule has 2 heterocycles. The molecule has 0 radical (unpaired) electrons. The molecule has 4 rings (SSSR count). The molecule has 0 spiro atoms. The summed E-state index contributed by atoms with van der Waals surface area (Å²) in [7, 11) is 0. The number of carbonyl (C=O) groups is 4. The molecule has 0 aliphatic carbocycles. The molecule has 5 nitrogen and oxygen atoms in total. The molecule has 6 heteroatoms. The molecule has 0 bridgehead atoms. The van der Waals surface area contributed by atoms with Gasteiger partial charge in [-0.2, -0.15) is 0 Å². The minimum absolute atomic E-state index is 0.0402. The van der Waals surface area contributed by atoms with Crippen LogP contribution in [0.2, 0.25) is 0 Å². The van der Waals surface area contributed by atoms with Gasteiger partial charge in [0.25, 0.3) is 0 Å². The molecule has 0 aromatic heterocycles. The third kappa shape index (κ3) is 1.90. The van der Waals surface area contributed by atoms with Crippen LogP contribution in [0.5, 0.6) is 0 Å². The second-order valence-electron chi connectivity index (χ2n) is 5.09. The molecule has 0 unspecified atom stereocenters. The molecule has 0 fully saturated rings. The molecule has 0 saturated carbocycles. The summed E-state index contributed by atoms with van der Waals surface area (Å²) in [6.07, 6.45) is 0.392. The molecular formula is C16H8IO5-. The van der Waals surface area contributed by atoms with Gasteiger partial charge in [0.05, 0.1) is 0 Å². The van der Waals surface area contributed by atoms with Crippen molar-refractivity contribution in [1.82, 2.24) is 0 Å². The van der Waals surface area contributed by atoms with E-state index in [1.807, 2.05) is 0 Å². The Hall–Kier alpha value is -2.09. The van der Waals surface area contributed by atoms with E-state index in [0.717, 1.165) is 0 Å². The average Bonchev–Trinajstić information content (AvgIpc) is 2.69. The number of hydrogen-bond acceptors (Lipinski definition) is 5. The van der Waals surface area contributed by atoms with E-state index in [9.17, 15) is 19.2 Å². The van der Waals surface area contributed by atoms with Gasteiger partial charge in [-0.3, -0.25) is 0 Å². The minimum atomic E-state index is -0.676. The van der Waals surface area contributed by atoms with Crippen molar-refractivity contribution >= 4 is 32.3 Å². The molecule has 110 valence electrons. The Bertz CT molecular complexity index is 840. The van der Waals surface area contributed by atoms with Gasteiger partial charge in [0, 0.05) is 0 Å². The maximum atomic E-state index is 12.2. The number of ketones is 1. The number of Topliss-reactive ketones (excluding diaryl/α,β-unsaturated/α-hetero) is 1. The third-order valence-electron chi connectivity index (χ3n) is 3.79. The molecule has 0 amide bonds. The van der Waals surface area contributed by atoms with Gasteiger partial charge in [0.15, 0.2) is 0 Å². The van der Waals surface area contributed by atoms with Gasteiger partial charge in [0.1, 0.15) is 0 Å². The Labute approximate surface area is 134 Å². The summed E-state index contributed by atoms with van der Waals surface area (Å²) in [4.78, 5) is 47.6. The van der Waals surface area contributed by atoms with Crippen LogP contribution in [0, 0.1) is 0 Å². The van der Waals surface area contributed by atoms with Gasteiger partial charge in [-0.1, -0.05) is 0 Å². The standard InChI is InChI=1S/C16H8IO5/c18-13-1-2-17-14(19)10-4-8-6-12-11(15(20)22-16(12)21)5-7(8)3-9(10)13/h3-6H,1-2H2/q-1. The summed E-state index contributed by atoms with van der Waals surface area (Å²) < 4.78 is 5.28. The van der Waals surface area contributed by atoms with Crippen molar-refractivity contribution in [1.29, 1.82) is 0 Å². The van der Waals surface area contributed by atoms with Gasteiger partial charge in [-0.15, -0.1) is 0 Å². The average molecular weight is 407 g/mol. The summed E-state index contributed by atoms with van der Waals surface area (Å²) in [6, 6.07) is 6.41. The van der Waals surface area contributed by atoms with Crippen LogP contribution in [-0.4, -0.2) is 25.9 Å². The van der Waals surface area contributed by atoms with E-state index in [4.69, 9.17) is 0 Å². The number of carbonyl (C=O) groups excluding carboxylic acids is 4. The summed E-state index contributed by atoms with van der Waals surface area (Å²) in [6.45, 7) is 0. The van der Waals surface area contributed by atoms with Crippen LogP contribution >= 0.6 is 0 Å². The molecule has 2 aliphatic heterocycles. The Morgan fingerprint density at radius 3 is 1.95 bits per heavy atom. The SMILES string of the molecule is O=C1CC[I-]C(=O)c2cc3cc4c(cc3cc21)C(=O)OC4=O. The number of hydrogen-bond donors (Lipinski definition) is 0. The van der Waals surface area contributed by atoms with Crippen LogP contribution in [0.25, 0.3) is 10.8 Å². The Morgan fingerprint density at radius 1 is 0.773 bits per heavy atom. The predicted molar refractivity (Wildman–Crippen MR) is 71.8 cm³/mol. The molecule has 2 aliphatic rings. The number of fused-ring (bicyclic) bond motifs is 3. The van der Waals surface area contributed by atoms with Crippen LogP contribution in [0.3, 0.4) is 0 Å². The first-order valence-corrected chi connectivity index (χ1v) is 9.20. The topological polar surface area (TPSA) is 77.5 Å². The second-order valence-corrected chi connectivity index (χ2v) is 7.91. The number of benzene rings is 2. The van der Waals surface area contributed by atoms with Crippen molar-refractivity contribution in [2.24, 2.45) is 0 Å². The molecule has 0 saturated heterocycles. The number of alkyl halides is 1. The van der Waals surface area contributed by atoms with E-state index in [0.29, 0.717) is 32.7 Å². The zero-order valence-electron chi connectivity index (χ0n) is 11.1. The first-order valence-electron chi connectivity index (χ1n) is 6.59. The third-order valence-corrected chi connectivity index (χ3v) is 6.14. The first-order chi connectivity index (χ1) is 10.5. The fraction of sp³-hybridized carbons (Fsp3) is 0.125. The van der Waals surface area contributed by atoms with Crippen LogP contribution in [0.15, 0.2) is 24.3 Å². The van der Waals surface area contributed by atoms with Crippen molar-refractivity contribution < 1.29 is 45.1 Å². The van der Waals surface area contributed by atoms with E-state index in [1.54, 1.807) is 24.3 Å². The van der Waals surface area contributed by atoms with Crippen LogP contribution in [-0.2, 0) is 4.74 Å². The van der Waals surface area contributed by atoms with Crippen molar-refractivity contribution in [3.8, 4) is 0 Å². The van der Waals surface area contributed by atoms with Gasteiger partial charge in [-0.05, 0) is 0 Å². The summed E-state index contributed by atoms with van der Waals surface area (Å²) >= 11 is -0.676. The number of ether oxygens (including phenoxy) is 1. The van der Waals surface area contributed by atoms with Gasteiger partial charge in [-0.25, -0.2) is 0 Å². The van der Waals surface area contributed by atoms with Crippen molar-refractivity contribution in [3.05, 3.63) is 46.5 Å². The van der Waals surface area contributed by atoms with E-state index in [2.05, 4.69) is 4.74 Å². The zero-order valence-corrected chi connectivity index (χ0v) is 13.3. The Balaban J connectivity index is 2.03. The zero-order chi connectivity index (χ0) is 15.4. The monoisotopic (exact) mass is 407 g/mol. The summed E-state index contributed by atoms with van der Waals surface area (Å²) in [5.41, 5.74) is 1.28. The van der Waals surface area contributed by atoms with Crippen LogP contribution < -0.4 is 21.2 Å². The van der Waals surface area contributed by atoms with Crippen molar-refractivity contribution in [2.45, 2.75) is 6.42 Å². The van der Waals surface area contributed by atoms with Crippen molar-refractivity contribution in [2.75, 3.05) is 4.43 Å². The summed E-state index contributed by atoms with van der Waals surface area (Å²) in [5, 5.41) is 1.32. The number of esters is 2. The fourth-order valence-corrected chi connectivity index (χ4v) is 4.81. The molecule has 0 N–H and O–H groups in total. The van der Waals surface area contributed by atoms with Crippen LogP contribution in [0.4, 0.5) is 0 Å². The second kappa shape index (κ2) is 4.70. The quantitative estimate of drug-likeness (QED) is 0.184. The molecule has 0 atom stereocenters. The van der Waals surface area contributed by atoms with Crippen molar-refractivity contribution in [3.63, 3.8) is 0 Å². The predicted octanol–water partition coefficient (Wildman–Crippen LogP) is -1.03. The van der Waals surface area contributed by atoms with Gasteiger partial charge < -0.3 is 0 Å². The number of halogens is 1. The maximum absolute atomic E-state index is 12.2. The fourth-order valence-electron chi connectivity index (χ4n) is 2.70.